The van der Waals surface area contributed by atoms with Gasteiger partial charge >= 0.3 is 0 Å². The van der Waals surface area contributed by atoms with E-state index in [1.807, 2.05) is 0 Å². The molecule has 0 radical (unpaired) electrons. The third-order valence-corrected chi connectivity index (χ3v) is 2.91. The Balaban J connectivity index is 2.64. The maximum atomic E-state index is 12.1. The maximum Gasteiger partial charge on any atom is 0.245 e. The molecule has 1 aliphatic rings. The number of amides is 3. The Morgan fingerprint density at radius 3 is 2.89 bits per heavy atom. The van der Waals surface area contributed by atoms with E-state index in [0.717, 1.165) is 18.5 Å². The van der Waals surface area contributed by atoms with Crippen molar-refractivity contribution >= 4 is 18.2 Å². The third kappa shape index (κ3) is 5.09. The van der Waals surface area contributed by atoms with Gasteiger partial charge in [-0.2, -0.15) is 0 Å². The molecule has 7 heteroatoms. The number of hydrogen-bond acceptors (Lipinski definition) is 4. The number of hydrogen-bond donors (Lipinski definition) is 3. The van der Waals surface area contributed by atoms with Gasteiger partial charge in [0, 0.05) is 13.6 Å². The minimum atomic E-state index is -0.659. The van der Waals surface area contributed by atoms with Crippen molar-refractivity contribution in [1.29, 1.82) is 0 Å². The molecule has 1 heterocycles. The van der Waals surface area contributed by atoms with Crippen LogP contribution < -0.4 is 16.4 Å². The van der Waals surface area contributed by atoms with Crippen molar-refractivity contribution in [1.82, 2.24) is 15.5 Å². The highest BCUT2D eigenvalue weighted by Crippen LogP contribution is 2.10. The molecule has 0 aromatic rings. The van der Waals surface area contributed by atoms with Crippen LogP contribution in [0.1, 0.15) is 12.8 Å². The number of nitrogens with one attached hydrogen (secondary N) is 2. The second kappa shape index (κ2) is 7.52. The minimum absolute atomic E-state index is 0.160. The fourth-order valence-corrected chi connectivity index (χ4v) is 1.99. The topological polar surface area (TPSA) is 105 Å². The van der Waals surface area contributed by atoms with Gasteiger partial charge in [-0.15, -0.1) is 0 Å². The Hall–Kier alpha value is -1.89. The summed E-state index contributed by atoms with van der Waals surface area (Å²) in [4.78, 5) is 34.7. The van der Waals surface area contributed by atoms with Gasteiger partial charge in [-0.3, -0.25) is 14.4 Å². The smallest absolute Gasteiger partial charge is 0.245 e. The summed E-state index contributed by atoms with van der Waals surface area (Å²) in [7, 11) is 1.49. The molecular formula is C12H20N4O3. The van der Waals surface area contributed by atoms with E-state index < -0.39 is 11.9 Å². The molecule has 3 amide bonds. The third-order valence-electron chi connectivity index (χ3n) is 2.91. The van der Waals surface area contributed by atoms with Crippen LogP contribution in [-0.2, 0) is 14.4 Å². The van der Waals surface area contributed by atoms with Gasteiger partial charge < -0.3 is 21.3 Å². The fraction of sp³-hybridized carbons (Fsp3) is 0.583. The molecule has 0 saturated heterocycles. The summed E-state index contributed by atoms with van der Waals surface area (Å²) in [5.41, 5.74) is 6.12. The molecule has 19 heavy (non-hydrogen) atoms. The van der Waals surface area contributed by atoms with Crippen LogP contribution in [0.15, 0.2) is 11.6 Å². The van der Waals surface area contributed by atoms with Crippen molar-refractivity contribution in [3.05, 3.63) is 11.6 Å². The second-order valence-electron chi connectivity index (χ2n) is 4.53. The lowest BCUT2D eigenvalue weighted by Crippen LogP contribution is -2.47. The van der Waals surface area contributed by atoms with Crippen molar-refractivity contribution in [3.8, 4) is 0 Å². The summed E-state index contributed by atoms with van der Waals surface area (Å²) in [5.74, 6) is -0.906. The van der Waals surface area contributed by atoms with Gasteiger partial charge in [0.25, 0.3) is 0 Å². The zero-order valence-corrected chi connectivity index (χ0v) is 11.0. The molecule has 0 saturated carbocycles. The van der Waals surface area contributed by atoms with Crippen LogP contribution in [0.2, 0.25) is 0 Å². The van der Waals surface area contributed by atoms with E-state index in [1.54, 1.807) is 0 Å². The molecule has 1 aliphatic heterocycles. The number of primary amides is 1. The number of rotatable bonds is 7. The SMILES string of the molecule is CN(CC(N)=O)C(=O)[C@H](CC1=CCCNC1)NC=O. The molecule has 0 fully saturated rings. The summed E-state index contributed by atoms with van der Waals surface area (Å²) >= 11 is 0. The van der Waals surface area contributed by atoms with Gasteiger partial charge in [-0.25, -0.2) is 0 Å². The van der Waals surface area contributed by atoms with E-state index in [0.29, 0.717) is 19.4 Å². The molecular weight excluding hydrogens is 248 g/mol. The molecule has 7 nitrogen and oxygen atoms in total. The summed E-state index contributed by atoms with van der Waals surface area (Å²) < 4.78 is 0. The van der Waals surface area contributed by atoms with Crippen LogP contribution in [0.25, 0.3) is 0 Å². The van der Waals surface area contributed by atoms with Crippen LogP contribution in [-0.4, -0.2) is 55.8 Å². The molecule has 0 spiro atoms. The number of nitrogens with zero attached hydrogens (tertiary/aromatic N) is 1. The molecule has 106 valence electrons. The lowest BCUT2D eigenvalue weighted by atomic mass is 10.0. The predicted molar refractivity (Wildman–Crippen MR) is 70.0 cm³/mol. The van der Waals surface area contributed by atoms with Crippen molar-refractivity contribution in [3.63, 3.8) is 0 Å². The van der Waals surface area contributed by atoms with Crippen molar-refractivity contribution in [2.75, 3.05) is 26.7 Å². The lowest BCUT2D eigenvalue weighted by molar-refractivity contribution is -0.136. The van der Waals surface area contributed by atoms with Crippen LogP contribution in [0, 0.1) is 0 Å². The summed E-state index contributed by atoms with van der Waals surface area (Å²) in [6.45, 7) is 1.47. The number of carbonyl (C=O) groups excluding carboxylic acids is 3. The molecule has 1 atom stereocenters. The maximum absolute atomic E-state index is 12.1. The summed E-state index contributed by atoms with van der Waals surface area (Å²) in [5, 5.41) is 5.69. The largest absolute Gasteiger partial charge is 0.368 e. The normalized spacial score (nSPS) is 16.2. The lowest BCUT2D eigenvalue weighted by Gasteiger charge is -2.24. The van der Waals surface area contributed by atoms with Gasteiger partial charge in [0.2, 0.25) is 18.2 Å². The zero-order valence-electron chi connectivity index (χ0n) is 11.0. The number of nitrogens with two attached hydrogens (primary N) is 1. The minimum Gasteiger partial charge on any atom is -0.368 e. The van der Waals surface area contributed by atoms with Crippen molar-refractivity contribution < 1.29 is 14.4 Å². The molecule has 0 aliphatic carbocycles. The Kier molecular flexibility index (Phi) is 6.01. The van der Waals surface area contributed by atoms with Gasteiger partial charge in [0.1, 0.15) is 6.04 Å². The molecule has 0 bridgehead atoms. The Bertz CT molecular complexity index is 381. The van der Waals surface area contributed by atoms with E-state index in [4.69, 9.17) is 5.73 Å². The first-order valence-electron chi connectivity index (χ1n) is 6.16. The van der Waals surface area contributed by atoms with Crippen LogP contribution in [0.4, 0.5) is 0 Å². The first kappa shape index (κ1) is 15.2. The van der Waals surface area contributed by atoms with Crippen molar-refractivity contribution in [2.24, 2.45) is 5.73 Å². The average molecular weight is 268 g/mol. The molecule has 1 rings (SSSR count). The summed E-state index contributed by atoms with van der Waals surface area (Å²) in [6, 6.07) is -0.659. The van der Waals surface area contributed by atoms with E-state index in [2.05, 4.69) is 16.7 Å². The molecule has 0 aromatic carbocycles. The van der Waals surface area contributed by atoms with E-state index >= 15 is 0 Å². The summed E-state index contributed by atoms with van der Waals surface area (Å²) in [6.07, 6.45) is 3.91. The zero-order chi connectivity index (χ0) is 14.3. The van der Waals surface area contributed by atoms with Gasteiger partial charge in [0.15, 0.2) is 0 Å². The van der Waals surface area contributed by atoms with E-state index in [9.17, 15) is 14.4 Å². The van der Waals surface area contributed by atoms with E-state index in [1.165, 1.54) is 11.9 Å². The highest BCUT2D eigenvalue weighted by atomic mass is 16.2. The highest BCUT2D eigenvalue weighted by Gasteiger charge is 2.23. The molecule has 0 unspecified atom stereocenters. The van der Waals surface area contributed by atoms with Gasteiger partial charge in [0.05, 0.1) is 6.54 Å². The number of carbonyl (C=O) groups is 3. The fourth-order valence-electron chi connectivity index (χ4n) is 1.99. The van der Waals surface area contributed by atoms with Crippen LogP contribution >= 0.6 is 0 Å². The Morgan fingerprint density at radius 2 is 2.37 bits per heavy atom. The standard InChI is InChI=1S/C12H20N4O3/c1-16(7-11(13)18)12(19)10(15-8-17)5-9-3-2-4-14-6-9/h3,8,10,14H,2,4-7H2,1H3,(H2,13,18)(H,15,17)/t10-/m0/s1. The monoisotopic (exact) mass is 268 g/mol. The van der Waals surface area contributed by atoms with E-state index in [-0.39, 0.29) is 12.5 Å². The van der Waals surface area contributed by atoms with Crippen LogP contribution in [0.5, 0.6) is 0 Å². The average Bonchev–Trinajstić information content (AvgIpc) is 2.38. The van der Waals surface area contributed by atoms with Gasteiger partial charge in [-0.1, -0.05) is 11.6 Å². The molecule has 0 aromatic heterocycles. The Labute approximate surface area is 112 Å². The number of likely N-dealkylation sites (N-methyl/N-ethyl adjacent to an activating group) is 1. The first-order valence-corrected chi connectivity index (χ1v) is 6.16. The highest BCUT2D eigenvalue weighted by molar-refractivity contribution is 5.88. The Morgan fingerprint density at radius 1 is 1.63 bits per heavy atom. The molecule has 4 N–H and O–H groups in total. The quantitative estimate of drug-likeness (QED) is 0.380. The van der Waals surface area contributed by atoms with Gasteiger partial charge in [-0.05, 0) is 19.4 Å². The predicted octanol–water partition coefficient (Wildman–Crippen LogP) is -1.65. The first-order chi connectivity index (χ1) is 9.04. The van der Waals surface area contributed by atoms with Crippen molar-refractivity contribution in [2.45, 2.75) is 18.9 Å². The second-order valence-corrected chi connectivity index (χ2v) is 4.53. The van der Waals surface area contributed by atoms with Crippen LogP contribution in [0.3, 0.4) is 0 Å².